The molecule has 1 radical (unpaired) electrons. The van der Waals surface area contributed by atoms with Crippen LogP contribution in [0.4, 0.5) is 0 Å². The first-order valence-electron chi connectivity index (χ1n) is 13.1. The van der Waals surface area contributed by atoms with Crippen molar-refractivity contribution in [2.75, 3.05) is 0 Å². The molecule has 2 aliphatic heterocycles. The van der Waals surface area contributed by atoms with Gasteiger partial charge in [0.05, 0.1) is 23.0 Å². The molecule has 0 spiro atoms. The average molecular weight is 542 g/mol. The molecule has 0 saturated carbocycles. The van der Waals surface area contributed by atoms with Crippen LogP contribution in [0.2, 0.25) is 0 Å². The summed E-state index contributed by atoms with van der Waals surface area (Å²) in [6.07, 6.45) is 3.52. The molecule has 0 aromatic carbocycles. The summed E-state index contributed by atoms with van der Waals surface area (Å²) in [5.74, 6) is 1.48. The summed E-state index contributed by atoms with van der Waals surface area (Å²) in [7, 11) is 0. The van der Waals surface area contributed by atoms with Crippen molar-refractivity contribution < 1.29 is 17.1 Å². The zero-order valence-electron chi connectivity index (χ0n) is 23.0. The van der Waals surface area contributed by atoms with Crippen LogP contribution in [-0.2, 0) is 29.9 Å². The van der Waals surface area contributed by atoms with E-state index in [4.69, 9.17) is 29.9 Å². The van der Waals surface area contributed by atoms with Crippen LogP contribution in [0.1, 0.15) is 99.7 Å². The Morgan fingerprint density at radius 1 is 0.568 bits per heavy atom. The summed E-state index contributed by atoms with van der Waals surface area (Å²) >= 11 is 0. The third-order valence-corrected chi connectivity index (χ3v) is 7.68. The number of fused-ring (bicyclic) bond motifs is 8. The van der Waals surface area contributed by atoms with Crippen molar-refractivity contribution in [2.24, 2.45) is 0 Å². The van der Waals surface area contributed by atoms with Gasteiger partial charge < -0.3 is 19.9 Å². The Morgan fingerprint density at radius 3 is 1.27 bits per heavy atom. The van der Waals surface area contributed by atoms with E-state index in [1.54, 1.807) is 0 Å². The van der Waals surface area contributed by atoms with Gasteiger partial charge in [0.2, 0.25) is 0 Å². The predicted octanol–water partition coefficient (Wildman–Crippen LogP) is 6.78. The van der Waals surface area contributed by atoms with Crippen LogP contribution in [0.25, 0.3) is 44.6 Å². The van der Waals surface area contributed by atoms with Gasteiger partial charge in [0.25, 0.3) is 0 Å². The van der Waals surface area contributed by atoms with Crippen LogP contribution in [0.15, 0.2) is 12.1 Å². The van der Waals surface area contributed by atoms with Gasteiger partial charge in [-0.1, -0.05) is 39.0 Å². The second-order valence-corrected chi connectivity index (χ2v) is 9.62. The van der Waals surface area contributed by atoms with E-state index in [1.807, 2.05) is 0 Å². The zero-order chi connectivity index (χ0) is 25.7. The fraction of sp³-hybridized carbons (Fsp3) is 0.400. The zero-order valence-corrected chi connectivity index (χ0v) is 23.9. The first-order chi connectivity index (χ1) is 17.3. The van der Waals surface area contributed by atoms with Crippen molar-refractivity contribution in [3.8, 4) is 0 Å². The van der Waals surface area contributed by atoms with E-state index in [9.17, 15) is 0 Å². The normalized spacial score (nSPS) is 13.4. The number of rotatable bonds is 4. The van der Waals surface area contributed by atoms with Crippen molar-refractivity contribution >= 4 is 44.6 Å². The van der Waals surface area contributed by atoms with E-state index in [0.29, 0.717) is 0 Å². The summed E-state index contributed by atoms with van der Waals surface area (Å²) in [6.45, 7) is 17.1. The minimum absolute atomic E-state index is 0. The van der Waals surface area contributed by atoms with Crippen molar-refractivity contribution in [1.82, 2.24) is 29.9 Å². The minimum Gasteiger partial charge on any atom is -0.436 e. The van der Waals surface area contributed by atoms with Crippen LogP contribution in [-0.4, -0.2) is 19.9 Å². The van der Waals surface area contributed by atoms with Gasteiger partial charge in [-0.05, 0) is 121 Å². The molecule has 5 heterocycles. The van der Waals surface area contributed by atoms with Crippen LogP contribution < -0.4 is 9.97 Å². The van der Waals surface area contributed by atoms with Gasteiger partial charge >= 0.3 is 17.1 Å². The van der Waals surface area contributed by atoms with E-state index >= 15 is 0 Å². The van der Waals surface area contributed by atoms with Gasteiger partial charge in [0, 0.05) is 0 Å². The standard InChI is InChI=1S/C30H34N6.Cu/c1-9-19-15(5)27-31-23(19)13-24-20(10-2)16(6)29(32-24)36-30-18(8)22(12-4)26(34-30)14-25-21(11-3)17(7)28(33-25)35-27;/h13-14H,9-12H2,1-8H3;/q-2;+2. The predicted molar refractivity (Wildman–Crippen MR) is 148 cm³/mol. The van der Waals surface area contributed by atoms with Crippen molar-refractivity contribution in [2.45, 2.75) is 81.1 Å². The quantitative estimate of drug-likeness (QED) is 0.338. The molecule has 0 aliphatic carbocycles. The topological polar surface area (TPSA) is 79.8 Å². The second-order valence-electron chi connectivity index (χ2n) is 9.62. The maximum atomic E-state index is 4.98. The maximum absolute atomic E-state index is 4.98. The van der Waals surface area contributed by atoms with E-state index in [-0.39, 0.29) is 17.1 Å². The molecule has 2 aliphatic rings. The van der Waals surface area contributed by atoms with E-state index < -0.39 is 0 Å². The van der Waals surface area contributed by atoms with Crippen LogP contribution >= 0.6 is 0 Å². The van der Waals surface area contributed by atoms with Gasteiger partial charge in [-0.15, -0.1) is 0 Å². The first-order valence-corrected chi connectivity index (χ1v) is 13.1. The molecule has 0 unspecified atom stereocenters. The Morgan fingerprint density at radius 2 is 0.946 bits per heavy atom. The Hall–Kier alpha value is -3.02. The summed E-state index contributed by atoms with van der Waals surface area (Å²) < 4.78 is 0. The van der Waals surface area contributed by atoms with E-state index in [1.165, 1.54) is 22.3 Å². The van der Waals surface area contributed by atoms with Crippen LogP contribution in [0.3, 0.4) is 0 Å². The third kappa shape index (κ3) is 4.38. The molecule has 8 bridgehead atoms. The SMILES string of the molecule is CCC1=C(C)c2nc1cc1[n-]c(nc3nc(cc4[n-]c(n2)c(C)c4CC)C(CC)=C3C)c(C)c1CC.[Cu+2]. The smallest absolute Gasteiger partial charge is 0.436 e. The molecule has 37 heavy (non-hydrogen) atoms. The van der Waals surface area contributed by atoms with E-state index in [0.717, 1.165) is 93.3 Å². The molecular weight excluding hydrogens is 508 g/mol. The van der Waals surface area contributed by atoms with Gasteiger partial charge in [0.1, 0.15) is 0 Å². The van der Waals surface area contributed by atoms with Gasteiger partial charge in [0.15, 0.2) is 0 Å². The molecule has 5 rings (SSSR count). The molecule has 0 amide bonds. The van der Waals surface area contributed by atoms with Crippen LogP contribution in [0.5, 0.6) is 0 Å². The summed E-state index contributed by atoms with van der Waals surface area (Å²) in [4.78, 5) is 29.9. The maximum Gasteiger partial charge on any atom is 2.00 e. The Kier molecular flexibility index (Phi) is 7.59. The molecule has 3 aromatic heterocycles. The second kappa shape index (κ2) is 10.4. The van der Waals surface area contributed by atoms with Gasteiger partial charge in [-0.25, -0.2) is 0 Å². The van der Waals surface area contributed by atoms with Crippen molar-refractivity contribution in [3.05, 3.63) is 57.4 Å². The molecule has 7 heteroatoms. The van der Waals surface area contributed by atoms with Gasteiger partial charge in [-0.3, -0.25) is 9.97 Å². The number of hydrogen-bond acceptors (Lipinski definition) is 4. The summed E-state index contributed by atoms with van der Waals surface area (Å²) in [5.41, 5.74) is 14.5. The number of aryl methyl sites for hydroxylation is 4. The van der Waals surface area contributed by atoms with Crippen LogP contribution in [0, 0.1) is 13.8 Å². The molecule has 0 N–H and O–H groups in total. The van der Waals surface area contributed by atoms with Crippen molar-refractivity contribution in [3.63, 3.8) is 0 Å². The molecule has 195 valence electrons. The summed E-state index contributed by atoms with van der Waals surface area (Å²) in [6, 6.07) is 4.22. The number of allylic oxidation sites excluding steroid dienone is 4. The molecular formula is C30H34CuN6. The number of aromatic nitrogens is 6. The molecule has 6 nitrogen and oxygen atoms in total. The fourth-order valence-corrected chi connectivity index (χ4v) is 5.53. The Bertz CT molecular complexity index is 1500. The fourth-order valence-electron chi connectivity index (χ4n) is 5.53. The first kappa shape index (κ1) is 27.0. The monoisotopic (exact) mass is 541 g/mol. The molecule has 3 aromatic rings. The molecule has 0 atom stereocenters. The number of hydrogen-bond donors (Lipinski definition) is 0. The largest absolute Gasteiger partial charge is 2.00 e. The van der Waals surface area contributed by atoms with Crippen molar-refractivity contribution in [1.29, 1.82) is 0 Å². The third-order valence-electron chi connectivity index (χ3n) is 7.68. The van der Waals surface area contributed by atoms with Gasteiger partial charge in [-0.2, -0.15) is 0 Å². The Balaban J connectivity index is 0.00000320. The average Bonchev–Trinajstić information content (AvgIpc) is 3.51. The minimum atomic E-state index is 0. The van der Waals surface area contributed by atoms with E-state index in [2.05, 4.69) is 67.5 Å². The Labute approximate surface area is 229 Å². The number of nitrogens with zero attached hydrogens (tertiary/aromatic N) is 6. The summed E-state index contributed by atoms with van der Waals surface area (Å²) in [5, 5.41) is 0. The molecule has 0 fully saturated rings. The molecule has 0 saturated heterocycles.